The summed E-state index contributed by atoms with van der Waals surface area (Å²) in [6.07, 6.45) is 0. The molecule has 0 radical (unpaired) electrons. The Bertz CT molecular complexity index is 1150. The highest BCUT2D eigenvalue weighted by molar-refractivity contribution is 7.92. The van der Waals surface area contributed by atoms with Gasteiger partial charge in [0, 0.05) is 19.8 Å². The molecule has 0 aliphatic carbocycles. The molecule has 0 unspecified atom stereocenters. The van der Waals surface area contributed by atoms with E-state index in [0.29, 0.717) is 11.4 Å². The lowest BCUT2D eigenvalue weighted by Gasteiger charge is -2.19. The summed E-state index contributed by atoms with van der Waals surface area (Å²) in [5, 5.41) is 0. The first-order valence-electron chi connectivity index (χ1n) is 9.43. The van der Waals surface area contributed by atoms with Crippen LogP contribution in [-0.2, 0) is 19.6 Å². The van der Waals surface area contributed by atoms with E-state index in [9.17, 15) is 18.0 Å². The van der Waals surface area contributed by atoms with Crippen LogP contribution in [0.3, 0.4) is 0 Å². The molecule has 3 aromatic carbocycles. The van der Waals surface area contributed by atoms with Crippen LogP contribution in [0.5, 0.6) is 0 Å². The molecule has 0 bridgehead atoms. The van der Waals surface area contributed by atoms with Crippen molar-refractivity contribution in [1.29, 1.82) is 0 Å². The van der Waals surface area contributed by atoms with Crippen molar-refractivity contribution in [1.82, 2.24) is 0 Å². The van der Waals surface area contributed by atoms with Gasteiger partial charge < -0.3 is 9.64 Å². The van der Waals surface area contributed by atoms with Gasteiger partial charge in [0.1, 0.15) is 0 Å². The summed E-state index contributed by atoms with van der Waals surface area (Å²) in [5.41, 5.74) is 1.35. The first-order valence-corrected chi connectivity index (χ1v) is 10.9. The molecule has 3 rings (SSSR count). The van der Waals surface area contributed by atoms with Crippen LogP contribution in [0.4, 0.5) is 11.4 Å². The minimum Gasteiger partial charge on any atom is -0.452 e. The summed E-state index contributed by atoms with van der Waals surface area (Å²) >= 11 is 0. The number of ether oxygens (including phenoxy) is 1. The maximum Gasteiger partial charge on any atom is 0.338 e. The molecule has 0 N–H and O–H groups in total. The van der Waals surface area contributed by atoms with Crippen LogP contribution in [-0.4, -0.2) is 41.0 Å². The van der Waals surface area contributed by atoms with Crippen LogP contribution in [0.2, 0.25) is 0 Å². The van der Waals surface area contributed by atoms with Crippen molar-refractivity contribution < 1.29 is 22.7 Å². The molecule has 0 heterocycles. The predicted molar refractivity (Wildman–Crippen MR) is 119 cm³/mol. The largest absolute Gasteiger partial charge is 0.452 e. The van der Waals surface area contributed by atoms with Crippen molar-refractivity contribution in [2.45, 2.75) is 4.90 Å². The van der Waals surface area contributed by atoms with E-state index in [1.165, 1.54) is 40.5 Å². The second-order valence-electron chi connectivity index (χ2n) is 6.70. The number of amides is 1. The van der Waals surface area contributed by atoms with Crippen LogP contribution in [0.15, 0.2) is 89.8 Å². The highest BCUT2D eigenvalue weighted by Crippen LogP contribution is 2.22. The van der Waals surface area contributed by atoms with Crippen molar-refractivity contribution in [3.8, 4) is 0 Å². The number of para-hydroxylation sites is 2. The van der Waals surface area contributed by atoms with Crippen LogP contribution in [0.25, 0.3) is 0 Å². The van der Waals surface area contributed by atoms with Gasteiger partial charge in [-0.05, 0) is 48.5 Å². The molecule has 0 saturated heterocycles. The van der Waals surface area contributed by atoms with E-state index in [1.807, 2.05) is 6.07 Å². The highest BCUT2D eigenvalue weighted by Gasteiger charge is 2.22. The first kappa shape index (κ1) is 22.0. The summed E-state index contributed by atoms with van der Waals surface area (Å²) in [7, 11) is -0.730. The maximum atomic E-state index is 12.8. The van der Waals surface area contributed by atoms with Gasteiger partial charge in [0.25, 0.3) is 15.9 Å². The zero-order chi connectivity index (χ0) is 22.4. The Hall–Kier alpha value is -3.65. The second kappa shape index (κ2) is 9.44. The monoisotopic (exact) mass is 438 g/mol. The van der Waals surface area contributed by atoms with Gasteiger partial charge in [-0.1, -0.05) is 36.4 Å². The number of sulfonamides is 1. The molecular weight excluding hydrogens is 416 g/mol. The molecule has 0 saturated carbocycles. The highest BCUT2D eigenvalue weighted by atomic mass is 32.2. The van der Waals surface area contributed by atoms with E-state index in [4.69, 9.17) is 4.74 Å². The molecule has 0 spiro atoms. The summed E-state index contributed by atoms with van der Waals surface area (Å²) < 4.78 is 31.8. The average Bonchev–Trinajstić information content (AvgIpc) is 2.82. The van der Waals surface area contributed by atoms with E-state index in [1.54, 1.807) is 61.6 Å². The van der Waals surface area contributed by atoms with Gasteiger partial charge in [-0.3, -0.25) is 9.10 Å². The topological polar surface area (TPSA) is 84.0 Å². The minimum atomic E-state index is -3.78. The quantitative estimate of drug-likeness (QED) is 0.529. The Morgan fingerprint density at radius 2 is 1.29 bits per heavy atom. The molecule has 0 atom stereocenters. The number of carbonyl (C=O) groups excluding carboxylic acids is 2. The van der Waals surface area contributed by atoms with Gasteiger partial charge in [-0.25, -0.2) is 13.2 Å². The van der Waals surface area contributed by atoms with E-state index in [-0.39, 0.29) is 16.4 Å². The molecule has 1 amide bonds. The van der Waals surface area contributed by atoms with Crippen molar-refractivity contribution in [2.24, 2.45) is 0 Å². The molecule has 0 aliphatic rings. The lowest BCUT2D eigenvalue weighted by Crippen LogP contribution is -2.31. The van der Waals surface area contributed by atoms with Gasteiger partial charge in [0.15, 0.2) is 6.61 Å². The zero-order valence-electron chi connectivity index (χ0n) is 17.1. The average molecular weight is 439 g/mol. The number of benzene rings is 3. The summed E-state index contributed by atoms with van der Waals surface area (Å²) in [6.45, 7) is -0.430. The number of anilines is 2. The van der Waals surface area contributed by atoms with E-state index < -0.39 is 22.6 Å². The Balaban J connectivity index is 1.64. The molecular formula is C23H22N2O5S. The summed E-state index contributed by atoms with van der Waals surface area (Å²) in [4.78, 5) is 25.9. The van der Waals surface area contributed by atoms with Gasteiger partial charge in [-0.2, -0.15) is 0 Å². The van der Waals surface area contributed by atoms with Gasteiger partial charge in [0.05, 0.1) is 16.1 Å². The number of rotatable bonds is 7. The lowest BCUT2D eigenvalue weighted by molar-refractivity contribution is -0.121. The van der Waals surface area contributed by atoms with Crippen molar-refractivity contribution >= 4 is 33.3 Å². The predicted octanol–water partition coefficient (Wildman–Crippen LogP) is 3.33. The first-order chi connectivity index (χ1) is 14.8. The normalized spacial score (nSPS) is 10.9. The molecule has 0 aliphatic heterocycles. The third-order valence-electron chi connectivity index (χ3n) is 4.71. The van der Waals surface area contributed by atoms with E-state index in [0.717, 1.165) is 0 Å². The Morgan fingerprint density at radius 1 is 0.774 bits per heavy atom. The van der Waals surface area contributed by atoms with Crippen molar-refractivity contribution in [3.05, 3.63) is 90.5 Å². The zero-order valence-corrected chi connectivity index (χ0v) is 18.0. The molecule has 160 valence electrons. The summed E-state index contributed by atoms with van der Waals surface area (Å²) in [6, 6.07) is 23.0. The Labute approximate surface area is 181 Å². The van der Waals surface area contributed by atoms with Crippen LogP contribution in [0.1, 0.15) is 10.4 Å². The number of carbonyl (C=O) groups is 2. The number of likely N-dealkylation sites (N-methyl/N-ethyl adjacent to an activating group) is 1. The van der Waals surface area contributed by atoms with Gasteiger partial charge in [0.2, 0.25) is 0 Å². The van der Waals surface area contributed by atoms with Crippen molar-refractivity contribution in [3.63, 3.8) is 0 Å². The maximum absolute atomic E-state index is 12.8. The van der Waals surface area contributed by atoms with Crippen molar-refractivity contribution in [2.75, 3.05) is 29.9 Å². The molecule has 7 nitrogen and oxygen atoms in total. The molecule has 3 aromatic rings. The van der Waals surface area contributed by atoms with E-state index in [2.05, 4.69) is 0 Å². The second-order valence-corrected chi connectivity index (χ2v) is 8.67. The SMILES string of the molecule is CN(C(=O)COC(=O)c1ccc(S(=O)(=O)N(C)c2ccccc2)cc1)c1ccccc1. The lowest BCUT2D eigenvalue weighted by atomic mass is 10.2. The van der Waals surface area contributed by atoms with Gasteiger partial charge >= 0.3 is 5.97 Å². The smallest absolute Gasteiger partial charge is 0.338 e. The molecule has 0 fully saturated rings. The van der Waals surface area contributed by atoms with Gasteiger partial charge in [-0.15, -0.1) is 0 Å². The fourth-order valence-corrected chi connectivity index (χ4v) is 4.00. The van der Waals surface area contributed by atoms with Crippen LogP contribution >= 0.6 is 0 Å². The Kier molecular flexibility index (Phi) is 6.71. The number of hydrogen-bond acceptors (Lipinski definition) is 5. The number of hydrogen-bond donors (Lipinski definition) is 0. The van der Waals surface area contributed by atoms with E-state index >= 15 is 0 Å². The third-order valence-corrected chi connectivity index (χ3v) is 6.51. The molecule has 8 heteroatoms. The molecule has 0 aromatic heterocycles. The fourth-order valence-electron chi connectivity index (χ4n) is 2.80. The third kappa shape index (κ3) is 5.10. The standard InChI is InChI=1S/C23H22N2O5S/c1-24(19-9-5-3-6-10-19)22(26)17-30-23(27)18-13-15-21(16-14-18)31(28,29)25(2)20-11-7-4-8-12-20/h3-16H,17H2,1-2H3. The Morgan fingerprint density at radius 3 is 1.84 bits per heavy atom. The molecule has 31 heavy (non-hydrogen) atoms. The van der Waals surface area contributed by atoms with Crippen LogP contribution < -0.4 is 9.21 Å². The number of esters is 1. The van der Waals surface area contributed by atoms with Crippen LogP contribution in [0, 0.1) is 0 Å². The fraction of sp³-hybridized carbons (Fsp3) is 0.130. The minimum absolute atomic E-state index is 0.0373. The summed E-state index contributed by atoms with van der Waals surface area (Å²) in [5.74, 6) is -1.10. The number of nitrogens with zero attached hydrogens (tertiary/aromatic N) is 2.